The zero-order valence-electron chi connectivity index (χ0n) is 11.4. The number of benzene rings is 1. The minimum atomic E-state index is -0.231. The molecule has 1 aromatic carbocycles. The van der Waals surface area contributed by atoms with Gasteiger partial charge in [-0.1, -0.05) is 23.7 Å². The summed E-state index contributed by atoms with van der Waals surface area (Å²) in [5.74, 6) is 0.635. The van der Waals surface area contributed by atoms with E-state index in [0.29, 0.717) is 17.3 Å². The molecule has 106 valence electrons. The molecule has 1 unspecified atom stereocenters. The van der Waals surface area contributed by atoms with Crippen LogP contribution in [0.25, 0.3) is 11.3 Å². The quantitative estimate of drug-likeness (QED) is 0.891. The van der Waals surface area contributed by atoms with E-state index in [1.54, 1.807) is 18.2 Å². The topological polar surface area (TPSA) is 54.3 Å². The number of nitrogens with one attached hydrogen (secondary N) is 2. The highest BCUT2D eigenvalue weighted by Crippen LogP contribution is 2.28. The Bertz CT molecular complexity index is 595. The Labute approximate surface area is 123 Å². The number of carbonyl (C=O) groups excluding carboxylic acids is 1. The fourth-order valence-electron chi connectivity index (χ4n) is 1.70. The molecule has 0 aliphatic carbocycles. The predicted molar refractivity (Wildman–Crippen MR) is 80.0 cm³/mol. The van der Waals surface area contributed by atoms with Crippen molar-refractivity contribution in [3.8, 4) is 11.3 Å². The zero-order valence-corrected chi connectivity index (χ0v) is 12.2. The van der Waals surface area contributed by atoms with Gasteiger partial charge in [-0.05, 0) is 38.2 Å². The van der Waals surface area contributed by atoms with Crippen molar-refractivity contribution in [3.63, 3.8) is 0 Å². The van der Waals surface area contributed by atoms with E-state index in [9.17, 15) is 4.79 Å². The second-order valence-electron chi connectivity index (χ2n) is 4.54. The molecule has 0 radical (unpaired) electrons. The molecule has 1 heterocycles. The van der Waals surface area contributed by atoms with Crippen LogP contribution in [0.15, 0.2) is 40.8 Å². The highest BCUT2D eigenvalue weighted by Gasteiger charge is 2.13. The van der Waals surface area contributed by atoms with Crippen molar-refractivity contribution >= 4 is 17.5 Å². The van der Waals surface area contributed by atoms with Gasteiger partial charge >= 0.3 is 0 Å². The Morgan fingerprint density at radius 1 is 1.30 bits per heavy atom. The summed E-state index contributed by atoms with van der Waals surface area (Å²) in [5.41, 5.74) is 0.775. The summed E-state index contributed by atoms with van der Waals surface area (Å²) in [6.45, 7) is 2.52. The van der Waals surface area contributed by atoms with Gasteiger partial charge in [0.2, 0.25) is 0 Å². The molecule has 0 fully saturated rings. The van der Waals surface area contributed by atoms with Crippen LogP contribution in [-0.2, 0) is 0 Å². The van der Waals surface area contributed by atoms with E-state index in [1.807, 2.05) is 32.2 Å². The van der Waals surface area contributed by atoms with Crippen LogP contribution in [0, 0.1) is 0 Å². The molecule has 0 saturated heterocycles. The van der Waals surface area contributed by atoms with Gasteiger partial charge in [-0.2, -0.15) is 0 Å². The van der Waals surface area contributed by atoms with Crippen molar-refractivity contribution in [2.45, 2.75) is 13.0 Å². The number of likely N-dealkylation sites (N-methyl/N-ethyl adjacent to an activating group) is 1. The lowest BCUT2D eigenvalue weighted by Gasteiger charge is -2.10. The van der Waals surface area contributed by atoms with Gasteiger partial charge < -0.3 is 15.1 Å². The number of carbonyl (C=O) groups is 1. The summed E-state index contributed by atoms with van der Waals surface area (Å²) in [7, 11) is 1.85. The number of hydrogen-bond acceptors (Lipinski definition) is 3. The molecule has 0 bridgehead atoms. The highest BCUT2D eigenvalue weighted by molar-refractivity contribution is 6.33. The normalized spacial score (nSPS) is 12.2. The van der Waals surface area contributed by atoms with Crippen LogP contribution in [0.3, 0.4) is 0 Å². The molecule has 0 aliphatic heterocycles. The number of amides is 1. The number of rotatable bonds is 5. The van der Waals surface area contributed by atoms with Gasteiger partial charge in [0.05, 0.1) is 5.02 Å². The first-order chi connectivity index (χ1) is 9.61. The standard InChI is InChI=1S/C15H17ClN2O2/c1-10(17-2)9-18-15(19)14-8-7-13(20-14)11-5-3-4-6-12(11)16/h3-8,10,17H,9H2,1-2H3,(H,18,19). The maximum absolute atomic E-state index is 11.9. The minimum absolute atomic E-state index is 0.206. The Balaban J connectivity index is 2.09. The molecule has 0 aliphatic rings. The van der Waals surface area contributed by atoms with E-state index < -0.39 is 0 Å². The van der Waals surface area contributed by atoms with Crippen molar-refractivity contribution in [2.75, 3.05) is 13.6 Å². The third-order valence-corrected chi connectivity index (χ3v) is 3.36. The van der Waals surface area contributed by atoms with Crippen LogP contribution >= 0.6 is 11.6 Å². The number of furan rings is 1. The third-order valence-electron chi connectivity index (χ3n) is 3.03. The van der Waals surface area contributed by atoms with Gasteiger partial charge in [-0.15, -0.1) is 0 Å². The summed E-state index contributed by atoms with van der Waals surface area (Å²) in [5, 5.41) is 6.44. The third kappa shape index (κ3) is 3.40. The van der Waals surface area contributed by atoms with Crippen molar-refractivity contribution < 1.29 is 9.21 Å². The second kappa shape index (κ2) is 6.59. The largest absolute Gasteiger partial charge is 0.451 e. The first-order valence-corrected chi connectivity index (χ1v) is 6.80. The van der Waals surface area contributed by atoms with Crippen LogP contribution in [0.5, 0.6) is 0 Å². The van der Waals surface area contributed by atoms with Gasteiger partial charge in [-0.3, -0.25) is 4.79 Å². The van der Waals surface area contributed by atoms with E-state index in [2.05, 4.69) is 10.6 Å². The first-order valence-electron chi connectivity index (χ1n) is 6.42. The molecule has 20 heavy (non-hydrogen) atoms. The molecule has 1 atom stereocenters. The van der Waals surface area contributed by atoms with E-state index in [1.165, 1.54) is 0 Å². The molecular formula is C15H17ClN2O2. The summed E-state index contributed by atoms with van der Waals surface area (Å²) >= 11 is 6.10. The maximum atomic E-state index is 11.9. The smallest absolute Gasteiger partial charge is 0.287 e. The molecule has 2 N–H and O–H groups in total. The molecule has 0 spiro atoms. The SMILES string of the molecule is CNC(C)CNC(=O)c1ccc(-c2ccccc2Cl)o1. The van der Waals surface area contributed by atoms with E-state index in [4.69, 9.17) is 16.0 Å². The van der Waals surface area contributed by atoms with Crippen LogP contribution in [0.2, 0.25) is 5.02 Å². The Kier molecular flexibility index (Phi) is 4.82. The lowest BCUT2D eigenvalue weighted by Crippen LogP contribution is -2.37. The average Bonchev–Trinajstić information content (AvgIpc) is 2.94. The molecule has 4 nitrogen and oxygen atoms in total. The van der Waals surface area contributed by atoms with Gasteiger partial charge in [-0.25, -0.2) is 0 Å². The summed E-state index contributed by atoms with van der Waals surface area (Å²) in [4.78, 5) is 11.9. The van der Waals surface area contributed by atoms with Crippen LogP contribution in [0.4, 0.5) is 0 Å². The van der Waals surface area contributed by atoms with E-state index in [0.717, 1.165) is 5.56 Å². The fourth-order valence-corrected chi connectivity index (χ4v) is 1.93. The molecule has 2 rings (SSSR count). The van der Waals surface area contributed by atoms with Crippen LogP contribution in [-0.4, -0.2) is 25.5 Å². The Morgan fingerprint density at radius 3 is 2.75 bits per heavy atom. The van der Waals surface area contributed by atoms with Crippen molar-refractivity contribution in [2.24, 2.45) is 0 Å². The van der Waals surface area contributed by atoms with Gasteiger partial charge in [0.1, 0.15) is 5.76 Å². The molecular weight excluding hydrogens is 276 g/mol. The van der Waals surface area contributed by atoms with E-state index >= 15 is 0 Å². The van der Waals surface area contributed by atoms with Crippen molar-refractivity contribution in [1.82, 2.24) is 10.6 Å². The van der Waals surface area contributed by atoms with Gasteiger partial charge in [0.15, 0.2) is 5.76 Å². The Morgan fingerprint density at radius 2 is 2.05 bits per heavy atom. The second-order valence-corrected chi connectivity index (χ2v) is 4.95. The zero-order chi connectivity index (χ0) is 14.5. The molecule has 1 amide bonds. The maximum Gasteiger partial charge on any atom is 0.287 e. The van der Waals surface area contributed by atoms with Crippen molar-refractivity contribution in [1.29, 1.82) is 0 Å². The predicted octanol–water partition coefficient (Wildman–Crippen LogP) is 2.94. The Hall–Kier alpha value is -1.78. The van der Waals surface area contributed by atoms with Crippen molar-refractivity contribution in [3.05, 3.63) is 47.2 Å². The van der Waals surface area contributed by atoms with Gasteiger partial charge in [0, 0.05) is 18.2 Å². The summed E-state index contributed by atoms with van der Waals surface area (Å²) in [6, 6.07) is 11.0. The molecule has 5 heteroatoms. The van der Waals surface area contributed by atoms with E-state index in [-0.39, 0.29) is 17.7 Å². The lowest BCUT2D eigenvalue weighted by molar-refractivity contribution is 0.0923. The number of halogens is 1. The summed E-state index contributed by atoms with van der Waals surface area (Å²) < 4.78 is 5.56. The fraction of sp³-hybridized carbons (Fsp3) is 0.267. The number of hydrogen-bond donors (Lipinski definition) is 2. The van der Waals surface area contributed by atoms with Crippen LogP contribution in [0.1, 0.15) is 17.5 Å². The molecule has 1 aromatic heterocycles. The highest BCUT2D eigenvalue weighted by atomic mass is 35.5. The van der Waals surface area contributed by atoms with Crippen LogP contribution < -0.4 is 10.6 Å². The first kappa shape index (κ1) is 14.6. The minimum Gasteiger partial charge on any atom is -0.451 e. The molecule has 2 aromatic rings. The summed E-state index contributed by atoms with van der Waals surface area (Å²) in [6.07, 6.45) is 0. The lowest BCUT2D eigenvalue weighted by atomic mass is 10.2. The average molecular weight is 293 g/mol. The molecule has 0 saturated carbocycles. The van der Waals surface area contributed by atoms with Gasteiger partial charge in [0.25, 0.3) is 5.91 Å². The monoisotopic (exact) mass is 292 g/mol.